The fourth-order valence-corrected chi connectivity index (χ4v) is 2.23. The molecule has 1 rings (SSSR count). The van der Waals surface area contributed by atoms with Crippen molar-refractivity contribution in [2.45, 2.75) is 4.90 Å². The fourth-order valence-electron chi connectivity index (χ4n) is 1.30. The molecule has 0 bridgehead atoms. The van der Waals surface area contributed by atoms with Crippen molar-refractivity contribution in [1.82, 2.24) is 5.32 Å². The van der Waals surface area contributed by atoms with Crippen molar-refractivity contribution in [2.75, 3.05) is 20.3 Å². The van der Waals surface area contributed by atoms with Crippen LogP contribution >= 0.6 is 11.6 Å². The summed E-state index contributed by atoms with van der Waals surface area (Å²) in [7, 11) is -2.87. The second-order valence-electron chi connectivity index (χ2n) is 3.56. The zero-order valence-corrected chi connectivity index (χ0v) is 11.5. The maximum absolute atomic E-state index is 13.9. The largest absolute Gasteiger partial charge is 0.383 e. The second kappa shape index (κ2) is 6.29. The van der Waals surface area contributed by atoms with Crippen LogP contribution in [0.4, 0.5) is 4.39 Å². The number of methoxy groups -OCH3 is 1. The van der Waals surface area contributed by atoms with Gasteiger partial charge in [-0.15, -0.1) is 0 Å². The van der Waals surface area contributed by atoms with Crippen LogP contribution in [0, 0.1) is 5.82 Å². The maximum atomic E-state index is 13.9. The molecule has 0 heterocycles. The average Bonchev–Trinajstić information content (AvgIpc) is 2.30. The molecule has 1 amide bonds. The van der Waals surface area contributed by atoms with Crippen LogP contribution in [0.15, 0.2) is 17.0 Å². The summed E-state index contributed by atoms with van der Waals surface area (Å²) in [5, 5.41) is 7.08. The molecule has 0 aromatic heterocycles. The number of benzene rings is 1. The molecule has 3 N–H and O–H groups in total. The van der Waals surface area contributed by atoms with Gasteiger partial charge in [-0.2, -0.15) is 0 Å². The van der Waals surface area contributed by atoms with Gasteiger partial charge in [0.2, 0.25) is 10.0 Å². The standard InChI is InChI=1S/C10H12ClFN2O4S/c1-18-3-2-14-10(15)7-4-6(11)5-8(9(7)12)19(13,16)17/h4-5H,2-3H2,1H3,(H,14,15)(H2,13,16,17). The van der Waals surface area contributed by atoms with Crippen LogP contribution in [0.3, 0.4) is 0 Å². The molecule has 0 aliphatic carbocycles. The molecule has 19 heavy (non-hydrogen) atoms. The Morgan fingerprint density at radius 2 is 2.16 bits per heavy atom. The first-order chi connectivity index (χ1) is 8.77. The zero-order valence-electron chi connectivity index (χ0n) is 9.94. The van der Waals surface area contributed by atoms with Crippen LogP contribution in [0.5, 0.6) is 0 Å². The Balaban J connectivity index is 3.15. The molecular weight excluding hydrogens is 299 g/mol. The summed E-state index contributed by atoms with van der Waals surface area (Å²) in [6.07, 6.45) is 0. The third-order valence-electron chi connectivity index (χ3n) is 2.15. The Morgan fingerprint density at radius 1 is 1.53 bits per heavy atom. The monoisotopic (exact) mass is 310 g/mol. The van der Waals surface area contributed by atoms with E-state index in [-0.39, 0.29) is 18.2 Å². The van der Waals surface area contributed by atoms with E-state index < -0.39 is 32.2 Å². The molecule has 6 nitrogen and oxygen atoms in total. The number of nitrogens with one attached hydrogen (secondary N) is 1. The van der Waals surface area contributed by atoms with Crippen molar-refractivity contribution in [2.24, 2.45) is 5.14 Å². The number of hydrogen-bond donors (Lipinski definition) is 2. The van der Waals surface area contributed by atoms with E-state index in [4.69, 9.17) is 21.5 Å². The minimum atomic E-state index is -4.30. The number of rotatable bonds is 5. The summed E-state index contributed by atoms with van der Waals surface area (Å²) in [5.41, 5.74) is -0.493. The number of sulfonamides is 1. The third-order valence-corrected chi connectivity index (χ3v) is 3.28. The lowest BCUT2D eigenvalue weighted by molar-refractivity contribution is 0.0932. The van der Waals surface area contributed by atoms with Crippen molar-refractivity contribution >= 4 is 27.5 Å². The van der Waals surface area contributed by atoms with Gasteiger partial charge in [0, 0.05) is 18.7 Å². The summed E-state index contributed by atoms with van der Waals surface area (Å²) < 4.78 is 40.9. The summed E-state index contributed by atoms with van der Waals surface area (Å²) in [4.78, 5) is 10.8. The first kappa shape index (κ1) is 15.8. The van der Waals surface area contributed by atoms with Gasteiger partial charge in [-0.3, -0.25) is 4.79 Å². The number of nitrogens with two attached hydrogens (primary N) is 1. The Hall–Kier alpha value is -1.22. The lowest BCUT2D eigenvalue weighted by atomic mass is 10.2. The van der Waals surface area contributed by atoms with Gasteiger partial charge < -0.3 is 10.1 Å². The number of hydrogen-bond acceptors (Lipinski definition) is 4. The van der Waals surface area contributed by atoms with Gasteiger partial charge in [0.05, 0.1) is 12.2 Å². The van der Waals surface area contributed by atoms with E-state index in [1.165, 1.54) is 7.11 Å². The molecule has 0 aliphatic heterocycles. The zero-order chi connectivity index (χ0) is 14.6. The minimum absolute atomic E-state index is 0.109. The number of primary sulfonamides is 1. The summed E-state index contributed by atoms with van der Waals surface area (Å²) >= 11 is 5.64. The molecule has 0 saturated heterocycles. The summed E-state index contributed by atoms with van der Waals surface area (Å²) in [6, 6.07) is 1.87. The van der Waals surface area contributed by atoms with Crippen molar-refractivity contribution < 1.29 is 22.3 Å². The maximum Gasteiger partial charge on any atom is 0.254 e. The number of carbonyl (C=O) groups is 1. The lowest BCUT2D eigenvalue weighted by Gasteiger charge is -2.08. The summed E-state index contributed by atoms with van der Waals surface area (Å²) in [5.74, 6) is -2.04. The van der Waals surface area contributed by atoms with Gasteiger partial charge in [-0.25, -0.2) is 17.9 Å². The topological polar surface area (TPSA) is 98.5 Å². The predicted octanol–water partition coefficient (Wildman–Crippen LogP) is 0.503. The van der Waals surface area contributed by atoms with Crippen molar-refractivity contribution in [3.8, 4) is 0 Å². The van der Waals surface area contributed by atoms with Crippen molar-refractivity contribution in [3.05, 3.63) is 28.5 Å². The van der Waals surface area contributed by atoms with E-state index in [9.17, 15) is 17.6 Å². The first-order valence-corrected chi connectivity index (χ1v) is 6.98. The van der Waals surface area contributed by atoms with E-state index in [1.807, 2.05) is 0 Å². The van der Waals surface area contributed by atoms with Gasteiger partial charge in [-0.05, 0) is 12.1 Å². The fraction of sp³-hybridized carbons (Fsp3) is 0.300. The highest BCUT2D eigenvalue weighted by atomic mass is 35.5. The van der Waals surface area contributed by atoms with E-state index in [0.717, 1.165) is 12.1 Å². The average molecular weight is 311 g/mol. The molecule has 0 spiro atoms. The van der Waals surface area contributed by atoms with Crippen LogP contribution in [0.1, 0.15) is 10.4 Å². The quantitative estimate of drug-likeness (QED) is 0.774. The Bertz CT molecular complexity index is 591. The van der Waals surface area contributed by atoms with Crippen molar-refractivity contribution in [1.29, 1.82) is 0 Å². The smallest absolute Gasteiger partial charge is 0.254 e. The minimum Gasteiger partial charge on any atom is -0.383 e. The molecule has 0 atom stereocenters. The van der Waals surface area contributed by atoms with Gasteiger partial charge >= 0.3 is 0 Å². The normalized spacial score (nSPS) is 11.4. The predicted molar refractivity (Wildman–Crippen MR) is 67.0 cm³/mol. The number of carbonyl (C=O) groups excluding carboxylic acids is 1. The molecule has 0 radical (unpaired) electrons. The molecule has 0 saturated carbocycles. The summed E-state index contributed by atoms with van der Waals surface area (Å²) in [6.45, 7) is 0.377. The van der Waals surface area contributed by atoms with Gasteiger partial charge in [0.15, 0.2) is 5.82 Å². The van der Waals surface area contributed by atoms with E-state index in [0.29, 0.717) is 0 Å². The third kappa shape index (κ3) is 4.13. The van der Waals surface area contributed by atoms with E-state index >= 15 is 0 Å². The lowest BCUT2D eigenvalue weighted by Crippen LogP contribution is -2.28. The van der Waals surface area contributed by atoms with Crippen LogP contribution in [-0.2, 0) is 14.8 Å². The van der Waals surface area contributed by atoms with Crippen molar-refractivity contribution in [3.63, 3.8) is 0 Å². The molecule has 9 heteroatoms. The molecule has 1 aromatic carbocycles. The Labute approximate surface area is 114 Å². The molecule has 0 unspecified atom stereocenters. The highest BCUT2D eigenvalue weighted by Gasteiger charge is 2.22. The molecule has 0 fully saturated rings. The molecule has 106 valence electrons. The van der Waals surface area contributed by atoms with Gasteiger partial charge in [-0.1, -0.05) is 11.6 Å². The van der Waals surface area contributed by atoms with Crippen LogP contribution < -0.4 is 10.5 Å². The number of ether oxygens (including phenoxy) is 1. The Morgan fingerprint density at radius 3 is 2.68 bits per heavy atom. The van der Waals surface area contributed by atoms with Crippen LogP contribution in [-0.4, -0.2) is 34.6 Å². The van der Waals surface area contributed by atoms with Gasteiger partial charge in [0.25, 0.3) is 5.91 Å². The Kier molecular flexibility index (Phi) is 5.24. The van der Waals surface area contributed by atoms with Gasteiger partial charge in [0.1, 0.15) is 4.90 Å². The van der Waals surface area contributed by atoms with Crippen LogP contribution in [0.2, 0.25) is 5.02 Å². The SMILES string of the molecule is COCCNC(=O)c1cc(Cl)cc(S(N)(=O)=O)c1F. The first-order valence-electron chi connectivity index (χ1n) is 5.06. The molecule has 1 aromatic rings. The molecule has 0 aliphatic rings. The van der Waals surface area contributed by atoms with E-state index in [2.05, 4.69) is 5.32 Å². The second-order valence-corrected chi connectivity index (χ2v) is 5.53. The number of halogens is 2. The van der Waals surface area contributed by atoms with Crippen LogP contribution in [0.25, 0.3) is 0 Å². The number of amides is 1. The molecular formula is C10H12ClFN2O4S. The highest BCUT2D eigenvalue weighted by Crippen LogP contribution is 2.22. The van der Waals surface area contributed by atoms with E-state index in [1.54, 1.807) is 0 Å². The highest BCUT2D eigenvalue weighted by molar-refractivity contribution is 7.89.